The molecule has 1 heterocycles. The van der Waals surface area contributed by atoms with E-state index in [4.69, 9.17) is 4.74 Å². The number of rotatable bonds is 5. The molecule has 0 amide bonds. The Balaban J connectivity index is 1.94. The molecular formula is C17H28N2O2. The summed E-state index contributed by atoms with van der Waals surface area (Å²) in [4.78, 5) is 4.49. The van der Waals surface area contributed by atoms with Crippen LogP contribution in [0.2, 0.25) is 0 Å². The average Bonchev–Trinajstić information content (AvgIpc) is 2.67. The second kappa shape index (κ2) is 7.23. The summed E-state index contributed by atoms with van der Waals surface area (Å²) >= 11 is 0. The summed E-state index contributed by atoms with van der Waals surface area (Å²) in [5.41, 5.74) is 2.59. The van der Waals surface area contributed by atoms with Gasteiger partial charge in [-0.25, -0.2) is 0 Å². The van der Waals surface area contributed by atoms with Gasteiger partial charge in [-0.3, -0.25) is 4.98 Å². The van der Waals surface area contributed by atoms with Gasteiger partial charge < -0.3 is 15.2 Å². The number of nitrogens with zero attached hydrogens (tertiary/aromatic N) is 1. The summed E-state index contributed by atoms with van der Waals surface area (Å²) in [5, 5.41) is 14.0. The van der Waals surface area contributed by atoms with E-state index in [2.05, 4.69) is 10.3 Å². The van der Waals surface area contributed by atoms with E-state index < -0.39 is 5.60 Å². The Labute approximate surface area is 127 Å². The fourth-order valence-electron chi connectivity index (χ4n) is 3.23. The lowest BCUT2D eigenvalue weighted by Gasteiger charge is -2.27. The summed E-state index contributed by atoms with van der Waals surface area (Å²) in [6.07, 6.45) is 8.42. The highest BCUT2D eigenvalue weighted by molar-refractivity contribution is 5.40. The number of nitrogens with one attached hydrogen (secondary N) is 1. The molecule has 1 fully saturated rings. The minimum Gasteiger partial charge on any atom is -0.496 e. The van der Waals surface area contributed by atoms with Gasteiger partial charge in [0.2, 0.25) is 0 Å². The maximum Gasteiger partial charge on any atom is 0.128 e. The third-order valence-electron chi connectivity index (χ3n) is 4.53. The number of pyridine rings is 1. The number of aryl methyl sites for hydroxylation is 1. The second-order valence-corrected chi connectivity index (χ2v) is 6.29. The quantitative estimate of drug-likeness (QED) is 0.819. The van der Waals surface area contributed by atoms with Crippen LogP contribution in [0.25, 0.3) is 0 Å². The standard InChI is InChI=1S/C17H28N2O2/c1-13-10-19-15(14(2)16(13)21-3)11-18-12-17(20)8-6-4-5-7-9-17/h10,18,20H,4-9,11-12H2,1-3H3. The monoisotopic (exact) mass is 292 g/mol. The summed E-state index contributed by atoms with van der Waals surface area (Å²) < 4.78 is 5.43. The molecule has 21 heavy (non-hydrogen) atoms. The molecule has 1 aliphatic rings. The largest absolute Gasteiger partial charge is 0.496 e. The van der Waals surface area contributed by atoms with E-state index in [9.17, 15) is 5.11 Å². The van der Waals surface area contributed by atoms with E-state index in [0.717, 1.165) is 48.3 Å². The van der Waals surface area contributed by atoms with Gasteiger partial charge in [0, 0.05) is 30.4 Å². The summed E-state index contributed by atoms with van der Waals surface area (Å²) in [6, 6.07) is 0. The SMILES string of the molecule is COc1c(C)cnc(CNCC2(O)CCCCCC2)c1C. The van der Waals surface area contributed by atoms with E-state index >= 15 is 0 Å². The van der Waals surface area contributed by atoms with Crippen LogP contribution in [-0.2, 0) is 6.54 Å². The minimum absolute atomic E-state index is 0.542. The van der Waals surface area contributed by atoms with E-state index in [-0.39, 0.29) is 0 Å². The third-order valence-corrected chi connectivity index (χ3v) is 4.53. The maximum atomic E-state index is 10.6. The van der Waals surface area contributed by atoms with Crippen molar-refractivity contribution in [3.63, 3.8) is 0 Å². The van der Waals surface area contributed by atoms with Crippen LogP contribution in [0.15, 0.2) is 6.20 Å². The summed E-state index contributed by atoms with van der Waals surface area (Å²) in [7, 11) is 1.70. The van der Waals surface area contributed by atoms with Gasteiger partial charge in [-0.15, -0.1) is 0 Å². The van der Waals surface area contributed by atoms with Gasteiger partial charge in [-0.1, -0.05) is 25.7 Å². The lowest BCUT2D eigenvalue weighted by molar-refractivity contribution is 0.0249. The molecule has 0 unspecified atom stereocenters. The smallest absolute Gasteiger partial charge is 0.128 e. The first-order chi connectivity index (χ1) is 10.1. The molecule has 2 rings (SSSR count). The Bertz CT molecular complexity index is 466. The van der Waals surface area contributed by atoms with Crippen molar-refractivity contribution in [2.75, 3.05) is 13.7 Å². The average molecular weight is 292 g/mol. The maximum absolute atomic E-state index is 10.6. The molecule has 0 radical (unpaired) electrons. The minimum atomic E-state index is -0.542. The molecular weight excluding hydrogens is 264 g/mol. The zero-order valence-electron chi connectivity index (χ0n) is 13.5. The van der Waals surface area contributed by atoms with Crippen LogP contribution in [0.3, 0.4) is 0 Å². The lowest BCUT2D eigenvalue weighted by Crippen LogP contribution is -2.40. The van der Waals surface area contributed by atoms with Gasteiger partial charge >= 0.3 is 0 Å². The third kappa shape index (κ3) is 4.17. The van der Waals surface area contributed by atoms with Gasteiger partial charge in [0.1, 0.15) is 5.75 Å². The summed E-state index contributed by atoms with van der Waals surface area (Å²) in [6.45, 7) is 5.36. The lowest BCUT2D eigenvalue weighted by atomic mass is 9.94. The van der Waals surface area contributed by atoms with Crippen molar-refractivity contribution in [2.45, 2.75) is 64.5 Å². The number of aliphatic hydroxyl groups is 1. The highest BCUT2D eigenvalue weighted by Crippen LogP contribution is 2.27. The fraction of sp³-hybridized carbons (Fsp3) is 0.706. The van der Waals surface area contributed by atoms with Crippen LogP contribution < -0.4 is 10.1 Å². The zero-order chi connectivity index (χ0) is 15.3. The second-order valence-electron chi connectivity index (χ2n) is 6.29. The number of hydrogen-bond acceptors (Lipinski definition) is 4. The molecule has 2 N–H and O–H groups in total. The summed E-state index contributed by atoms with van der Waals surface area (Å²) in [5.74, 6) is 0.912. The molecule has 1 aromatic rings. The molecule has 118 valence electrons. The van der Waals surface area contributed by atoms with Crippen LogP contribution >= 0.6 is 0 Å². The highest BCUT2D eigenvalue weighted by Gasteiger charge is 2.27. The van der Waals surface area contributed by atoms with Crippen molar-refractivity contribution < 1.29 is 9.84 Å². The van der Waals surface area contributed by atoms with Crippen LogP contribution in [0.1, 0.15) is 55.3 Å². The molecule has 4 nitrogen and oxygen atoms in total. The van der Waals surface area contributed by atoms with Crippen molar-refractivity contribution in [2.24, 2.45) is 0 Å². The molecule has 0 bridgehead atoms. The first-order valence-electron chi connectivity index (χ1n) is 7.98. The molecule has 4 heteroatoms. The van der Waals surface area contributed by atoms with Crippen molar-refractivity contribution in [3.8, 4) is 5.75 Å². The molecule has 0 saturated heterocycles. The first kappa shape index (κ1) is 16.2. The predicted molar refractivity (Wildman–Crippen MR) is 84.6 cm³/mol. The predicted octanol–water partition coefficient (Wildman–Crippen LogP) is 2.88. The fourth-order valence-corrected chi connectivity index (χ4v) is 3.23. The van der Waals surface area contributed by atoms with Gasteiger partial charge in [-0.2, -0.15) is 0 Å². The van der Waals surface area contributed by atoms with Gasteiger partial charge in [0.25, 0.3) is 0 Å². The Kier molecular flexibility index (Phi) is 5.59. The number of ether oxygens (including phenoxy) is 1. The van der Waals surface area contributed by atoms with Gasteiger partial charge in [0.15, 0.2) is 0 Å². The molecule has 1 aromatic heterocycles. The normalized spacial score (nSPS) is 18.3. The van der Waals surface area contributed by atoms with Crippen molar-refractivity contribution in [3.05, 3.63) is 23.0 Å². The number of aromatic nitrogens is 1. The van der Waals surface area contributed by atoms with Crippen molar-refractivity contribution in [1.82, 2.24) is 10.3 Å². The van der Waals surface area contributed by atoms with Crippen LogP contribution in [-0.4, -0.2) is 29.3 Å². The molecule has 0 aromatic carbocycles. The Morgan fingerprint density at radius 3 is 2.52 bits per heavy atom. The highest BCUT2D eigenvalue weighted by atomic mass is 16.5. The Morgan fingerprint density at radius 1 is 1.24 bits per heavy atom. The van der Waals surface area contributed by atoms with E-state index in [1.54, 1.807) is 7.11 Å². The number of hydrogen-bond donors (Lipinski definition) is 2. The van der Waals surface area contributed by atoms with E-state index in [0.29, 0.717) is 13.1 Å². The Hall–Kier alpha value is -1.13. The number of methoxy groups -OCH3 is 1. The molecule has 0 spiro atoms. The first-order valence-corrected chi connectivity index (χ1v) is 7.98. The topological polar surface area (TPSA) is 54.4 Å². The van der Waals surface area contributed by atoms with Crippen molar-refractivity contribution in [1.29, 1.82) is 0 Å². The van der Waals surface area contributed by atoms with E-state index in [1.165, 1.54) is 12.8 Å². The van der Waals surface area contributed by atoms with E-state index in [1.807, 2.05) is 20.0 Å². The molecule has 0 aliphatic heterocycles. The Morgan fingerprint density at radius 2 is 1.90 bits per heavy atom. The van der Waals surface area contributed by atoms with Gasteiger partial charge in [0.05, 0.1) is 18.4 Å². The van der Waals surface area contributed by atoms with Crippen LogP contribution in [0.4, 0.5) is 0 Å². The molecule has 0 atom stereocenters. The molecule has 1 saturated carbocycles. The van der Waals surface area contributed by atoms with Crippen LogP contribution in [0, 0.1) is 13.8 Å². The van der Waals surface area contributed by atoms with Crippen molar-refractivity contribution >= 4 is 0 Å². The van der Waals surface area contributed by atoms with Gasteiger partial charge in [-0.05, 0) is 26.7 Å². The van der Waals surface area contributed by atoms with Crippen LogP contribution in [0.5, 0.6) is 5.75 Å². The zero-order valence-corrected chi connectivity index (χ0v) is 13.5. The molecule has 1 aliphatic carbocycles.